The summed E-state index contributed by atoms with van der Waals surface area (Å²) in [6.45, 7) is 0. The summed E-state index contributed by atoms with van der Waals surface area (Å²) in [6.07, 6.45) is 0. The Bertz CT molecular complexity index is 1020. The van der Waals surface area contributed by atoms with Gasteiger partial charge >= 0.3 is 0 Å². The van der Waals surface area contributed by atoms with E-state index in [9.17, 15) is 4.79 Å². The molecule has 3 aromatic carbocycles. The zero-order valence-electron chi connectivity index (χ0n) is 16.8. The first-order valence-corrected chi connectivity index (χ1v) is 8.91. The van der Waals surface area contributed by atoms with Gasteiger partial charge in [-0.15, -0.1) is 0 Å². The maximum absolute atomic E-state index is 13.4. The summed E-state index contributed by atoms with van der Waals surface area (Å²) in [5.41, 5.74) is 9.12. The third-order valence-electron chi connectivity index (χ3n) is 4.59. The molecular formula is C23H23NO5. The van der Waals surface area contributed by atoms with E-state index < -0.39 is 0 Å². The summed E-state index contributed by atoms with van der Waals surface area (Å²) in [5.74, 6) is 1.47. The van der Waals surface area contributed by atoms with E-state index in [1.807, 2.05) is 30.3 Å². The number of carbonyl (C=O) groups is 1. The molecule has 0 saturated carbocycles. The van der Waals surface area contributed by atoms with E-state index in [2.05, 4.69) is 0 Å². The molecule has 6 nitrogen and oxygen atoms in total. The third-order valence-corrected chi connectivity index (χ3v) is 4.59. The lowest BCUT2D eigenvalue weighted by atomic mass is 9.96. The molecule has 0 fully saturated rings. The lowest BCUT2D eigenvalue weighted by molar-refractivity contribution is 0.103. The van der Waals surface area contributed by atoms with E-state index >= 15 is 0 Å². The van der Waals surface area contributed by atoms with Gasteiger partial charge in [-0.2, -0.15) is 0 Å². The van der Waals surface area contributed by atoms with E-state index in [1.54, 1.807) is 24.3 Å². The van der Waals surface area contributed by atoms with Crippen molar-refractivity contribution in [3.8, 4) is 34.1 Å². The van der Waals surface area contributed by atoms with Gasteiger partial charge in [0, 0.05) is 11.3 Å². The molecule has 0 aliphatic rings. The highest BCUT2D eigenvalue weighted by atomic mass is 16.5. The van der Waals surface area contributed by atoms with E-state index in [-0.39, 0.29) is 5.78 Å². The molecule has 0 aliphatic carbocycles. The number of carbonyl (C=O) groups excluding carboxylic acids is 1. The summed E-state index contributed by atoms with van der Waals surface area (Å²) < 4.78 is 21.5. The second kappa shape index (κ2) is 8.56. The SMILES string of the molecule is COc1ccc(-c2cccc(N)c2)cc1C(=O)c1cc(OC)c(OC)c(OC)c1. The van der Waals surface area contributed by atoms with Gasteiger partial charge in [-0.25, -0.2) is 0 Å². The number of hydrogen-bond acceptors (Lipinski definition) is 6. The molecule has 0 spiro atoms. The maximum atomic E-state index is 13.4. The Labute approximate surface area is 169 Å². The van der Waals surface area contributed by atoms with E-state index in [1.165, 1.54) is 28.4 Å². The number of nitrogen functional groups attached to an aromatic ring is 1. The van der Waals surface area contributed by atoms with Gasteiger partial charge in [0.25, 0.3) is 0 Å². The van der Waals surface area contributed by atoms with Crippen LogP contribution in [0.3, 0.4) is 0 Å². The molecule has 0 bridgehead atoms. The Hall–Kier alpha value is -3.67. The van der Waals surface area contributed by atoms with Gasteiger partial charge in [-0.1, -0.05) is 18.2 Å². The molecule has 3 rings (SSSR count). The summed E-state index contributed by atoms with van der Waals surface area (Å²) in [7, 11) is 6.06. The average Bonchev–Trinajstić information content (AvgIpc) is 2.76. The Balaban J connectivity index is 2.12. The van der Waals surface area contributed by atoms with Gasteiger partial charge in [0.15, 0.2) is 17.3 Å². The second-order valence-corrected chi connectivity index (χ2v) is 6.28. The van der Waals surface area contributed by atoms with Crippen LogP contribution in [-0.4, -0.2) is 34.2 Å². The first-order valence-electron chi connectivity index (χ1n) is 8.91. The van der Waals surface area contributed by atoms with Crippen LogP contribution in [0, 0.1) is 0 Å². The highest BCUT2D eigenvalue weighted by molar-refractivity contribution is 6.12. The van der Waals surface area contributed by atoms with Gasteiger partial charge in [0.2, 0.25) is 5.75 Å². The standard InChI is InChI=1S/C23H23NO5/c1-26-19-9-8-15(14-6-5-7-17(24)10-14)11-18(19)22(25)16-12-20(27-2)23(29-4)21(13-16)28-3/h5-13H,24H2,1-4H3. The van der Waals surface area contributed by atoms with Crippen LogP contribution in [0.15, 0.2) is 54.6 Å². The van der Waals surface area contributed by atoms with Crippen LogP contribution in [0.25, 0.3) is 11.1 Å². The van der Waals surface area contributed by atoms with Crippen molar-refractivity contribution in [3.05, 3.63) is 65.7 Å². The summed E-state index contributed by atoms with van der Waals surface area (Å²) in [5, 5.41) is 0. The number of anilines is 1. The minimum atomic E-state index is -0.230. The van der Waals surface area contributed by atoms with Crippen LogP contribution >= 0.6 is 0 Å². The van der Waals surface area contributed by atoms with Gasteiger partial charge in [-0.05, 0) is 47.5 Å². The average molecular weight is 393 g/mol. The van der Waals surface area contributed by atoms with Gasteiger partial charge in [0.05, 0.1) is 34.0 Å². The first kappa shape index (κ1) is 20.1. The van der Waals surface area contributed by atoms with Crippen molar-refractivity contribution in [2.45, 2.75) is 0 Å². The van der Waals surface area contributed by atoms with Crippen molar-refractivity contribution in [2.75, 3.05) is 34.2 Å². The molecule has 0 unspecified atom stereocenters. The summed E-state index contributed by atoms with van der Waals surface area (Å²) >= 11 is 0. The van der Waals surface area contributed by atoms with E-state index in [0.29, 0.717) is 39.8 Å². The van der Waals surface area contributed by atoms with Crippen LogP contribution in [0.1, 0.15) is 15.9 Å². The fourth-order valence-corrected chi connectivity index (χ4v) is 3.15. The molecule has 2 N–H and O–H groups in total. The molecule has 0 heterocycles. The van der Waals surface area contributed by atoms with Crippen molar-refractivity contribution in [2.24, 2.45) is 0 Å². The second-order valence-electron chi connectivity index (χ2n) is 6.28. The highest BCUT2D eigenvalue weighted by Gasteiger charge is 2.21. The zero-order valence-corrected chi connectivity index (χ0v) is 16.8. The number of methoxy groups -OCH3 is 4. The molecule has 6 heteroatoms. The normalized spacial score (nSPS) is 10.3. The fourth-order valence-electron chi connectivity index (χ4n) is 3.15. The smallest absolute Gasteiger partial charge is 0.203 e. The number of ether oxygens (including phenoxy) is 4. The highest BCUT2D eigenvalue weighted by Crippen LogP contribution is 2.39. The van der Waals surface area contributed by atoms with Crippen LogP contribution in [-0.2, 0) is 0 Å². The predicted octanol–water partition coefficient (Wildman–Crippen LogP) is 4.20. The fraction of sp³-hybridized carbons (Fsp3) is 0.174. The molecule has 29 heavy (non-hydrogen) atoms. The minimum absolute atomic E-state index is 0.230. The largest absolute Gasteiger partial charge is 0.496 e. The number of rotatable bonds is 7. The van der Waals surface area contributed by atoms with Crippen LogP contribution in [0.4, 0.5) is 5.69 Å². The van der Waals surface area contributed by atoms with Crippen LogP contribution in [0.2, 0.25) is 0 Å². The summed E-state index contributed by atoms with van der Waals surface area (Å²) in [6, 6.07) is 16.2. The van der Waals surface area contributed by atoms with Gasteiger partial charge in [0.1, 0.15) is 5.75 Å². The topological polar surface area (TPSA) is 80.0 Å². The first-order chi connectivity index (χ1) is 14.0. The van der Waals surface area contributed by atoms with Crippen molar-refractivity contribution in [3.63, 3.8) is 0 Å². The predicted molar refractivity (Wildman–Crippen MR) is 112 cm³/mol. The monoisotopic (exact) mass is 393 g/mol. The Morgan fingerprint density at radius 1 is 0.724 bits per heavy atom. The number of hydrogen-bond donors (Lipinski definition) is 1. The molecule has 150 valence electrons. The molecule has 0 aromatic heterocycles. The molecule has 0 atom stereocenters. The summed E-state index contributed by atoms with van der Waals surface area (Å²) in [4.78, 5) is 13.4. The molecule has 0 amide bonds. The molecule has 0 radical (unpaired) electrons. The molecule has 3 aromatic rings. The Morgan fingerprint density at radius 3 is 1.90 bits per heavy atom. The van der Waals surface area contributed by atoms with Crippen LogP contribution in [0.5, 0.6) is 23.0 Å². The number of ketones is 1. The van der Waals surface area contributed by atoms with Crippen molar-refractivity contribution >= 4 is 11.5 Å². The molecular weight excluding hydrogens is 370 g/mol. The van der Waals surface area contributed by atoms with E-state index in [0.717, 1.165) is 11.1 Å². The van der Waals surface area contributed by atoms with Crippen molar-refractivity contribution < 1.29 is 23.7 Å². The lowest BCUT2D eigenvalue weighted by Gasteiger charge is -2.15. The molecule has 0 aliphatic heterocycles. The lowest BCUT2D eigenvalue weighted by Crippen LogP contribution is -2.06. The Morgan fingerprint density at radius 2 is 1.34 bits per heavy atom. The Kier molecular flexibility index (Phi) is 5.93. The van der Waals surface area contributed by atoms with Crippen molar-refractivity contribution in [1.82, 2.24) is 0 Å². The van der Waals surface area contributed by atoms with Gasteiger partial charge in [-0.3, -0.25) is 4.79 Å². The molecule has 0 saturated heterocycles. The third kappa shape index (κ3) is 3.96. The zero-order chi connectivity index (χ0) is 21.0. The number of nitrogens with two attached hydrogens (primary N) is 1. The van der Waals surface area contributed by atoms with Crippen LogP contribution < -0.4 is 24.7 Å². The van der Waals surface area contributed by atoms with E-state index in [4.69, 9.17) is 24.7 Å². The minimum Gasteiger partial charge on any atom is -0.496 e. The number of benzene rings is 3. The quantitative estimate of drug-likeness (QED) is 0.479. The van der Waals surface area contributed by atoms with Crippen molar-refractivity contribution in [1.29, 1.82) is 0 Å². The van der Waals surface area contributed by atoms with Gasteiger partial charge < -0.3 is 24.7 Å². The maximum Gasteiger partial charge on any atom is 0.203 e.